The molecule has 0 bridgehead atoms. The van der Waals surface area contributed by atoms with Crippen LogP contribution in [-0.2, 0) is 0 Å². The molecule has 0 saturated heterocycles. The highest BCUT2D eigenvalue weighted by Crippen LogP contribution is 2.29. The van der Waals surface area contributed by atoms with Crippen molar-refractivity contribution >= 4 is 21.7 Å². The normalized spacial score (nSPS) is 12.9. The zero-order valence-corrected chi connectivity index (χ0v) is 16.0. The predicted molar refractivity (Wildman–Crippen MR) is 110 cm³/mol. The molecule has 0 amide bonds. The number of para-hydroxylation sites is 1. The zero-order chi connectivity index (χ0) is 18.4. The lowest BCUT2D eigenvalue weighted by Crippen LogP contribution is -2.31. The molecule has 0 aliphatic rings. The van der Waals surface area contributed by atoms with E-state index in [0.29, 0.717) is 6.54 Å². The Balaban J connectivity index is 1.94. The molecular formula is C23H30N2O. The lowest BCUT2D eigenvalue weighted by molar-refractivity contribution is 0.109. The molecule has 138 valence electrons. The van der Waals surface area contributed by atoms with Gasteiger partial charge in [0.2, 0.25) is 0 Å². The van der Waals surface area contributed by atoms with Crippen LogP contribution in [0.1, 0.15) is 51.3 Å². The lowest BCUT2D eigenvalue weighted by Gasteiger charge is -2.25. The van der Waals surface area contributed by atoms with Crippen LogP contribution in [0.4, 0.5) is 0 Å². The fourth-order valence-corrected chi connectivity index (χ4v) is 3.57. The van der Waals surface area contributed by atoms with Crippen molar-refractivity contribution in [1.82, 2.24) is 9.88 Å². The van der Waals surface area contributed by atoms with E-state index in [9.17, 15) is 5.11 Å². The number of nitrogens with zero attached hydrogens (tertiary/aromatic N) is 2. The summed E-state index contributed by atoms with van der Waals surface area (Å²) in [5, 5.41) is 14.4. The van der Waals surface area contributed by atoms with Crippen LogP contribution >= 0.6 is 0 Å². The van der Waals surface area contributed by atoms with Crippen LogP contribution < -0.4 is 0 Å². The van der Waals surface area contributed by atoms with Crippen LogP contribution in [0.15, 0.2) is 48.5 Å². The number of fused-ring (bicyclic) bond motifs is 3. The number of pyridine rings is 1. The van der Waals surface area contributed by atoms with Gasteiger partial charge in [0.05, 0.1) is 11.2 Å². The van der Waals surface area contributed by atoms with Crippen molar-refractivity contribution in [3.05, 3.63) is 54.2 Å². The van der Waals surface area contributed by atoms with Crippen LogP contribution in [0.25, 0.3) is 21.7 Å². The maximum atomic E-state index is 11.0. The van der Waals surface area contributed by atoms with E-state index in [4.69, 9.17) is 4.98 Å². The van der Waals surface area contributed by atoms with Crippen molar-refractivity contribution in [2.24, 2.45) is 0 Å². The topological polar surface area (TPSA) is 36.4 Å². The molecule has 3 heteroatoms. The Morgan fingerprint density at radius 3 is 2.08 bits per heavy atom. The van der Waals surface area contributed by atoms with Gasteiger partial charge in [-0.05, 0) is 37.4 Å². The van der Waals surface area contributed by atoms with Gasteiger partial charge in [0.15, 0.2) is 0 Å². The predicted octanol–water partition coefficient (Wildman–Crippen LogP) is 5.32. The third kappa shape index (κ3) is 4.22. The van der Waals surface area contributed by atoms with E-state index in [2.05, 4.69) is 43.0 Å². The highest BCUT2D eigenvalue weighted by atomic mass is 16.3. The van der Waals surface area contributed by atoms with Gasteiger partial charge in [0.1, 0.15) is 6.10 Å². The van der Waals surface area contributed by atoms with Gasteiger partial charge < -0.3 is 10.0 Å². The van der Waals surface area contributed by atoms with Gasteiger partial charge in [-0.15, -0.1) is 0 Å². The van der Waals surface area contributed by atoms with E-state index in [0.717, 1.165) is 35.1 Å². The summed E-state index contributed by atoms with van der Waals surface area (Å²) in [5.74, 6) is 0. The van der Waals surface area contributed by atoms with E-state index in [1.807, 2.05) is 24.3 Å². The first kappa shape index (κ1) is 18.8. The Morgan fingerprint density at radius 2 is 1.42 bits per heavy atom. The molecule has 0 aliphatic heterocycles. The molecule has 1 N–H and O–H groups in total. The molecule has 1 aromatic heterocycles. The van der Waals surface area contributed by atoms with Gasteiger partial charge in [-0.1, -0.05) is 69.2 Å². The molecule has 26 heavy (non-hydrogen) atoms. The number of aliphatic hydroxyl groups excluding tert-OH is 1. The Bertz CT molecular complexity index is 838. The van der Waals surface area contributed by atoms with E-state index in [-0.39, 0.29) is 0 Å². The Morgan fingerprint density at radius 1 is 0.846 bits per heavy atom. The first-order chi connectivity index (χ1) is 12.7. The summed E-state index contributed by atoms with van der Waals surface area (Å²) in [5.41, 5.74) is 1.76. The molecule has 3 aromatic rings. The third-order valence-corrected chi connectivity index (χ3v) is 5.04. The van der Waals surface area contributed by atoms with Gasteiger partial charge in [0.25, 0.3) is 0 Å². The zero-order valence-electron chi connectivity index (χ0n) is 16.0. The number of aliphatic hydroxyl groups is 1. The van der Waals surface area contributed by atoms with Crippen LogP contribution in [0.3, 0.4) is 0 Å². The van der Waals surface area contributed by atoms with Crippen molar-refractivity contribution in [1.29, 1.82) is 0 Å². The van der Waals surface area contributed by atoms with E-state index < -0.39 is 6.10 Å². The van der Waals surface area contributed by atoms with E-state index >= 15 is 0 Å². The summed E-state index contributed by atoms with van der Waals surface area (Å²) in [4.78, 5) is 7.23. The molecule has 3 nitrogen and oxygen atoms in total. The SMILES string of the molecule is CCCCN(CCCC)CC(O)c1nc2ccccc2c2ccccc12. The number of hydrogen-bond acceptors (Lipinski definition) is 3. The molecular weight excluding hydrogens is 320 g/mol. The van der Waals surface area contributed by atoms with Gasteiger partial charge in [0, 0.05) is 17.3 Å². The standard InChI is InChI=1S/C23H30N2O/c1-3-5-15-25(16-6-4-2)17-22(26)23-20-13-8-7-11-18(20)19-12-9-10-14-21(19)24-23/h7-14,22,26H,3-6,15-17H2,1-2H3. The van der Waals surface area contributed by atoms with Crippen LogP contribution in [0.5, 0.6) is 0 Å². The molecule has 1 heterocycles. The molecule has 1 atom stereocenters. The fraction of sp³-hybridized carbons (Fsp3) is 0.435. The maximum absolute atomic E-state index is 11.0. The average Bonchev–Trinajstić information content (AvgIpc) is 2.69. The second-order valence-corrected chi connectivity index (χ2v) is 7.08. The largest absolute Gasteiger partial charge is 0.385 e. The number of rotatable bonds is 9. The highest BCUT2D eigenvalue weighted by Gasteiger charge is 2.18. The van der Waals surface area contributed by atoms with Crippen molar-refractivity contribution < 1.29 is 5.11 Å². The summed E-state index contributed by atoms with van der Waals surface area (Å²) in [6.07, 6.45) is 4.12. The summed E-state index contributed by atoms with van der Waals surface area (Å²) < 4.78 is 0. The minimum absolute atomic E-state index is 0.571. The van der Waals surface area contributed by atoms with Gasteiger partial charge in [-0.3, -0.25) is 0 Å². The van der Waals surface area contributed by atoms with Crippen molar-refractivity contribution in [3.63, 3.8) is 0 Å². The number of benzene rings is 2. The Labute approximate surface area is 156 Å². The van der Waals surface area contributed by atoms with Crippen molar-refractivity contribution in [2.75, 3.05) is 19.6 Å². The fourth-order valence-electron chi connectivity index (χ4n) is 3.57. The minimum atomic E-state index is -0.571. The molecule has 0 aliphatic carbocycles. The molecule has 0 radical (unpaired) electrons. The summed E-state index contributed by atoms with van der Waals surface area (Å²) in [7, 11) is 0. The minimum Gasteiger partial charge on any atom is -0.385 e. The Hall–Kier alpha value is -1.97. The molecule has 0 spiro atoms. The van der Waals surface area contributed by atoms with Crippen LogP contribution in [-0.4, -0.2) is 34.6 Å². The smallest absolute Gasteiger partial charge is 0.109 e. The quantitative estimate of drug-likeness (QED) is 0.530. The molecule has 2 aromatic carbocycles. The second kappa shape index (κ2) is 9.11. The number of unbranched alkanes of at least 4 members (excludes halogenated alkanes) is 2. The third-order valence-electron chi connectivity index (χ3n) is 5.04. The van der Waals surface area contributed by atoms with Gasteiger partial charge >= 0.3 is 0 Å². The first-order valence-corrected chi connectivity index (χ1v) is 9.92. The van der Waals surface area contributed by atoms with Crippen LogP contribution in [0, 0.1) is 0 Å². The van der Waals surface area contributed by atoms with E-state index in [1.165, 1.54) is 31.1 Å². The summed E-state index contributed by atoms with van der Waals surface area (Å²) >= 11 is 0. The maximum Gasteiger partial charge on any atom is 0.109 e. The molecule has 3 rings (SSSR count). The molecule has 0 saturated carbocycles. The van der Waals surface area contributed by atoms with E-state index in [1.54, 1.807) is 0 Å². The highest BCUT2D eigenvalue weighted by molar-refractivity contribution is 6.06. The number of hydrogen-bond donors (Lipinski definition) is 1. The molecule has 0 fully saturated rings. The summed E-state index contributed by atoms with van der Waals surface area (Å²) in [6, 6.07) is 16.5. The lowest BCUT2D eigenvalue weighted by atomic mass is 10.0. The summed E-state index contributed by atoms with van der Waals surface area (Å²) in [6.45, 7) is 7.16. The monoisotopic (exact) mass is 350 g/mol. The van der Waals surface area contributed by atoms with Crippen LogP contribution in [0.2, 0.25) is 0 Å². The number of aromatic nitrogens is 1. The van der Waals surface area contributed by atoms with Crippen molar-refractivity contribution in [3.8, 4) is 0 Å². The second-order valence-electron chi connectivity index (χ2n) is 7.08. The Kier molecular flexibility index (Phi) is 6.59. The van der Waals surface area contributed by atoms with Gasteiger partial charge in [-0.2, -0.15) is 0 Å². The molecule has 1 unspecified atom stereocenters. The van der Waals surface area contributed by atoms with Crippen molar-refractivity contribution in [2.45, 2.75) is 45.6 Å². The average molecular weight is 351 g/mol. The first-order valence-electron chi connectivity index (χ1n) is 9.92. The van der Waals surface area contributed by atoms with Gasteiger partial charge in [-0.25, -0.2) is 4.98 Å².